The largest absolute Gasteiger partial charge is 0.379 e. The minimum absolute atomic E-state index is 0.00899. The average Bonchev–Trinajstić information content (AvgIpc) is 2.68. The number of benzene rings is 1. The maximum Gasteiger partial charge on any atom is 0.139 e. The standard InChI is InChI=1S/C24H33NO2/c26-22(7-4-8-25-9-11-27-12-10-25)24-16-19-13-20(17-24)15-23(14-19,18-24)21-5-2-1-3-6-21/h1-3,5-6,19-20H,4,7-18H2. The monoisotopic (exact) mass is 367 g/mol. The lowest BCUT2D eigenvalue weighted by Gasteiger charge is -2.62. The molecule has 1 heterocycles. The van der Waals surface area contributed by atoms with Crippen LogP contribution in [0.2, 0.25) is 0 Å². The minimum Gasteiger partial charge on any atom is -0.379 e. The molecule has 1 aliphatic heterocycles. The number of hydrogen-bond donors (Lipinski definition) is 0. The van der Waals surface area contributed by atoms with E-state index in [0.717, 1.165) is 63.9 Å². The molecule has 27 heavy (non-hydrogen) atoms. The van der Waals surface area contributed by atoms with Gasteiger partial charge in [0, 0.05) is 24.9 Å². The van der Waals surface area contributed by atoms with Crippen molar-refractivity contribution in [2.45, 2.75) is 56.8 Å². The molecule has 1 aromatic rings. The van der Waals surface area contributed by atoms with E-state index in [0.29, 0.717) is 5.78 Å². The summed E-state index contributed by atoms with van der Waals surface area (Å²) in [6.45, 7) is 4.81. The van der Waals surface area contributed by atoms with Gasteiger partial charge in [-0.05, 0) is 74.3 Å². The second-order valence-electron chi connectivity index (χ2n) is 9.87. The average molecular weight is 368 g/mol. The van der Waals surface area contributed by atoms with Crippen molar-refractivity contribution < 1.29 is 9.53 Å². The zero-order chi connectivity index (χ0) is 18.3. The zero-order valence-electron chi connectivity index (χ0n) is 16.5. The van der Waals surface area contributed by atoms with E-state index >= 15 is 0 Å². The molecule has 4 aliphatic carbocycles. The van der Waals surface area contributed by atoms with Crippen LogP contribution in [0.1, 0.15) is 56.9 Å². The third kappa shape index (κ3) is 3.27. The number of hydrogen-bond acceptors (Lipinski definition) is 3. The highest BCUT2D eigenvalue weighted by Crippen LogP contribution is 2.66. The van der Waals surface area contributed by atoms with Crippen LogP contribution in [0.25, 0.3) is 0 Å². The Hall–Kier alpha value is -1.19. The fourth-order valence-electron chi connectivity index (χ4n) is 7.27. The van der Waals surface area contributed by atoms with Gasteiger partial charge in [-0.25, -0.2) is 0 Å². The van der Waals surface area contributed by atoms with E-state index in [-0.39, 0.29) is 10.8 Å². The first-order chi connectivity index (χ1) is 13.2. The van der Waals surface area contributed by atoms with Gasteiger partial charge in [0.2, 0.25) is 0 Å². The molecule has 2 atom stereocenters. The first kappa shape index (κ1) is 17.9. The molecule has 5 fully saturated rings. The van der Waals surface area contributed by atoms with E-state index in [4.69, 9.17) is 4.74 Å². The third-order valence-corrected chi connectivity index (χ3v) is 8.02. The summed E-state index contributed by atoms with van der Waals surface area (Å²) in [5.41, 5.74) is 1.78. The fourth-order valence-corrected chi connectivity index (χ4v) is 7.27. The van der Waals surface area contributed by atoms with Crippen molar-refractivity contribution in [3.8, 4) is 0 Å². The lowest BCUT2D eigenvalue weighted by Crippen LogP contribution is -2.56. The lowest BCUT2D eigenvalue weighted by molar-refractivity contribution is -0.147. The van der Waals surface area contributed by atoms with Crippen LogP contribution in [-0.4, -0.2) is 43.5 Å². The predicted octanol–water partition coefficient (Wildman–Crippen LogP) is 4.21. The maximum atomic E-state index is 13.5. The van der Waals surface area contributed by atoms with Gasteiger partial charge in [0.15, 0.2) is 0 Å². The van der Waals surface area contributed by atoms with Crippen molar-refractivity contribution in [2.24, 2.45) is 17.3 Å². The van der Waals surface area contributed by atoms with Gasteiger partial charge in [0.05, 0.1) is 13.2 Å². The van der Waals surface area contributed by atoms with E-state index in [2.05, 4.69) is 35.2 Å². The van der Waals surface area contributed by atoms with E-state index in [9.17, 15) is 4.79 Å². The van der Waals surface area contributed by atoms with Crippen molar-refractivity contribution >= 4 is 5.78 Å². The van der Waals surface area contributed by atoms with Gasteiger partial charge < -0.3 is 4.74 Å². The van der Waals surface area contributed by atoms with Gasteiger partial charge >= 0.3 is 0 Å². The van der Waals surface area contributed by atoms with Gasteiger partial charge in [0.25, 0.3) is 0 Å². The van der Waals surface area contributed by atoms with Crippen LogP contribution in [0, 0.1) is 17.3 Å². The molecule has 0 radical (unpaired) electrons. The number of morpholine rings is 1. The van der Waals surface area contributed by atoms with Crippen molar-refractivity contribution in [1.29, 1.82) is 0 Å². The summed E-state index contributed by atoms with van der Waals surface area (Å²) in [6, 6.07) is 11.1. The Morgan fingerprint density at radius 1 is 1.04 bits per heavy atom. The molecule has 3 nitrogen and oxygen atoms in total. The van der Waals surface area contributed by atoms with Crippen LogP contribution in [0.4, 0.5) is 0 Å². The van der Waals surface area contributed by atoms with E-state index in [1.54, 1.807) is 0 Å². The predicted molar refractivity (Wildman–Crippen MR) is 107 cm³/mol. The molecule has 0 N–H and O–H groups in total. The Kier molecular flexibility index (Phi) is 4.64. The van der Waals surface area contributed by atoms with Gasteiger partial charge in [-0.15, -0.1) is 0 Å². The third-order valence-electron chi connectivity index (χ3n) is 8.02. The molecular formula is C24H33NO2. The van der Waals surface area contributed by atoms with Crippen LogP contribution in [-0.2, 0) is 14.9 Å². The van der Waals surface area contributed by atoms with Crippen molar-refractivity contribution in [3.05, 3.63) is 35.9 Å². The molecule has 5 aliphatic rings. The molecule has 4 bridgehead atoms. The molecule has 4 saturated carbocycles. The van der Waals surface area contributed by atoms with Crippen LogP contribution in [0.3, 0.4) is 0 Å². The molecule has 2 unspecified atom stereocenters. The number of carbonyl (C=O) groups excluding carboxylic acids is 1. The van der Waals surface area contributed by atoms with E-state index in [1.807, 2.05) is 0 Å². The lowest BCUT2D eigenvalue weighted by atomic mass is 9.42. The van der Waals surface area contributed by atoms with Gasteiger partial charge in [-0.3, -0.25) is 9.69 Å². The summed E-state index contributed by atoms with van der Waals surface area (Å²) in [4.78, 5) is 15.9. The second kappa shape index (κ2) is 7.00. The van der Waals surface area contributed by atoms with Crippen LogP contribution >= 0.6 is 0 Å². The Morgan fingerprint density at radius 3 is 2.44 bits per heavy atom. The Morgan fingerprint density at radius 2 is 1.74 bits per heavy atom. The Balaban J connectivity index is 1.29. The highest BCUT2D eigenvalue weighted by molar-refractivity contribution is 5.85. The molecule has 3 heteroatoms. The second-order valence-corrected chi connectivity index (χ2v) is 9.87. The van der Waals surface area contributed by atoms with E-state index < -0.39 is 0 Å². The highest BCUT2D eigenvalue weighted by atomic mass is 16.5. The summed E-state index contributed by atoms with van der Waals surface area (Å²) in [5, 5.41) is 0. The Labute approximate surface area is 163 Å². The number of ketones is 1. The van der Waals surface area contributed by atoms with E-state index in [1.165, 1.54) is 37.7 Å². The summed E-state index contributed by atoms with van der Waals surface area (Å²) in [7, 11) is 0. The molecule has 1 aromatic carbocycles. The van der Waals surface area contributed by atoms with Crippen molar-refractivity contribution in [1.82, 2.24) is 4.90 Å². The zero-order valence-corrected chi connectivity index (χ0v) is 16.5. The first-order valence-electron chi connectivity index (χ1n) is 11.1. The number of rotatable bonds is 6. The highest BCUT2D eigenvalue weighted by Gasteiger charge is 2.60. The van der Waals surface area contributed by atoms with Crippen LogP contribution in [0.5, 0.6) is 0 Å². The molecule has 146 valence electrons. The van der Waals surface area contributed by atoms with Crippen molar-refractivity contribution in [3.63, 3.8) is 0 Å². The number of Topliss-reactive ketones (excluding diaryl/α,β-unsaturated/α-hetero) is 1. The maximum absolute atomic E-state index is 13.5. The molecule has 1 saturated heterocycles. The molecule has 0 amide bonds. The van der Waals surface area contributed by atoms with Crippen molar-refractivity contribution in [2.75, 3.05) is 32.8 Å². The smallest absolute Gasteiger partial charge is 0.139 e. The van der Waals surface area contributed by atoms with Crippen LogP contribution < -0.4 is 0 Å². The number of carbonyl (C=O) groups is 1. The summed E-state index contributed by atoms with van der Waals surface area (Å²) >= 11 is 0. The molecule has 0 aromatic heterocycles. The summed E-state index contributed by atoms with van der Waals surface area (Å²) in [5.74, 6) is 2.13. The number of ether oxygens (including phenoxy) is 1. The summed E-state index contributed by atoms with van der Waals surface area (Å²) < 4.78 is 5.44. The van der Waals surface area contributed by atoms with Gasteiger partial charge in [0.1, 0.15) is 5.78 Å². The van der Waals surface area contributed by atoms with Gasteiger partial charge in [-0.1, -0.05) is 30.3 Å². The number of nitrogens with zero attached hydrogens (tertiary/aromatic N) is 1. The first-order valence-corrected chi connectivity index (χ1v) is 11.1. The minimum atomic E-state index is -0.00899. The Bertz CT molecular complexity index is 665. The topological polar surface area (TPSA) is 29.5 Å². The quantitative estimate of drug-likeness (QED) is 0.754. The van der Waals surface area contributed by atoms with Crippen LogP contribution in [0.15, 0.2) is 30.3 Å². The molecular weight excluding hydrogens is 334 g/mol. The molecule has 6 rings (SSSR count). The summed E-state index contributed by atoms with van der Waals surface area (Å²) in [6.07, 6.45) is 9.27. The SMILES string of the molecule is O=C(CCCN1CCOCC1)C12CC3CC(C1)CC(c1ccccc1)(C3)C2. The van der Waals surface area contributed by atoms with Gasteiger partial charge in [-0.2, -0.15) is 0 Å². The fraction of sp³-hybridized carbons (Fsp3) is 0.708. The normalized spacial score (nSPS) is 38.2. The molecule has 0 spiro atoms.